The van der Waals surface area contributed by atoms with E-state index < -0.39 is 10.0 Å². The molecule has 0 spiro atoms. The van der Waals surface area contributed by atoms with Crippen LogP contribution in [0, 0.1) is 0 Å². The third kappa shape index (κ3) is 4.18. The van der Waals surface area contributed by atoms with Gasteiger partial charge in [-0.15, -0.1) is 0 Å². The van der Waals surface area contributed by atoms with Crippen LogP contribution in [-0.2, 0) is 10.0 Å². The van der Waals surface area contributed by atoms with Gasteiger partial charge in [0.2, 0.25) is 10.0 Å². The molecule has 0 saturated carbocycles. The molecule has 7 heteroatoms. The molecule has 1 unspecified atom stereocenters. The van der Waals surface area contributed by atoms with Crippen molar-refractivity contribution in [3.63, 3.8) is 0 Å². The third-order valence-electron chi connectivity index (χ3n) is 2.26. The Morgan fingerprint density at radius 3 is 2.82 bits per heavy atom. The average Bonchev–Trinajstić information content (AvgIpc) is 2.36. The second-order valence-electron chi connectivity index (χ2n) is 3.53. The maximum absolute atomic E-state index is 11.9. The first-order chi connectivity index (χ1) is 7.99. The zero-order valence-electron chi connectivity index (χ0n) is 10.1. The van der Waals surface area contributed by atoms with Crippen molar-refractivity contribution in [3.05, 3.63) is 18.3 Å². The first-order valence-corrected chi connectivity index (χ1v) is 7.93. The molecular weight excluding hydrogens is 258 g/mol. The van der Waals surface area contributed by atoms with Crippen LogP contribution in [0.5, 0.6) is 0 Å². The van der Waals surface area contributed by atoms with Crippen LogP contribution >= 0.6 is 11.8 Å². The van der Waals surface area contributed by atoms with E-state index in [2.05, 4.69) is 15.0 Å². The van der Waals surface area contributed by atoms with Crippen LogP contribution in [0.1, 0.15) is 6.92 Å². The van der Waals surface area contributed by atoms with Gasteiger partial charge in [-0.05, 0) is 12.3 Å². The monoisotopic (exact) mass is 275 g/mol. The van der Waals surface area contributed by atoms with E-state index in [-0.39, 0.29) is 10.1 Å². The number of pyridine rings is 1. The quantitative estimate of drug-likeness (QED) is 0.815. The molecule has 2 N–H and O–H groups in total. The number of hydrogen-bond acceptors (Lipinski definition) is 5. The van der Waals surface area contributed by atoms with Gasteiger partial charge in [0.05, 0.1) is 4.90 Å². The summed E-state index contributed by atoms with van der Waals surface area (Å²) in [7, 11) is -1.74. The summed E-state index contributed by atoms with van der Waals surface area (Å²) in [6, 6.07) is 2.99. The highest BCUT2D eigenvalue weighted by Crippen LogP contribution is 2.12. The molecule has 1 aromatic heterocycles. The minimum absolute atomic E-state index is 0.227. The number of anilines is 1. The summed E-state index contributed by atoms with van der Waals surface area (Å²) in [5, 5.41) is 3.05. The Bertz CT molecular complexity index is 462. The van der Waals surface area contributed by atoms with Gasteiger partial charge in [-0.25, -0.2) is 18.1 Å². The van der Waals surface area contributed by atoms with E-state index in [1.54, 1.807) is 18.8 Å². The highest BCUT2D eigenvalue weighted by molar-refractivity contribution is 7.99. The molecule has 0 aromatic carbocycles. The fourth-order valence-corrected chi connectivity index (χ4v) is 2.61. The highest BCUT2D eigenvalue weighted by Gasteiger charge is 2.15. The Hall–Kier alpha value is -0.790. The molecule has 96 valence electrons. The molecule has 0 radical (unpaired) electrons. The van der Waals surface area contributed by atoms with Gasteiger partial charge in [0.25, 0.3) is 0 Å². The zero-order chi connectivity index (χ0) is 12.9. The molecule has 1 aromatic rings. The van der Waals surface area contributed by atoms with E-state index in [4.69, 9.17) is 0 Å². The molecule has 1 atom stereocenters. The summed E-state index contributed by atoms with van der Waals surface area (Å²) in [6.07, 6.45) is 3.42. The van der Waals surface area contributed by atoms with E-state index in [0.29, 0.717) is 12.4 Å². The SMILES string of the molecule is CNc1cc(S(=O)(=O)NCC(C)SC)ccn1. The van der Waals surface area contributed by atoms with Gasteiger partial charge in [0.15, 0.2) is 0 Å². The number of aromatic nitrogens is 1. The molecule has 0 saturated heterocycles. The van der Waals surface area contributed by atoms with Gasteiger partial charge in [0, 0.05) is 31.1 Å². The minimum Gasteiger partial charge on any atom is -0.373 e. The van der Waals surface area contributed by atoms with Crippen molar-refractivity contribution in [3.8, 4) is 0 Å². The summed E-state index contributed by atoms with van der Waals surface area (Å²) in [6.45, 7) is 2.39. The maximum Gasteiger partial charge on any atom is 0.240 e. The average molecular weight is 275 g/mol. The molecule has 0 bridgehead atoms. The molecule has 0 aliphatic carbocycles. The van der Waals surface area contributed by atoms with Crippen molar-refractivity contribution < 1.29 is 8.42 Å². The van der Waals surface area contributed by atoms with Gasteiger partial charge < -0.3 is 5.32 Å². The second-order valence-corrected chi connectivity index (χ2v) is 6.57. The van der Waals surface area contributed by atoms with Crippen molar-refractivity contribution in [2.45, 2.75) is 17.1 Å². The minimum atomic E-state index is -3.44. The second kappa shape index (κ2) is 6.23. The molecule has 0 aliphatic rings. The van der Waals surface area contributed by atoms with Crippen LogP contribution in [0.3, 0.4) is 0 Å². The molecule has 5 nitrogen and oxygen atoms in total. The van der Waals surface area contributed by atoms with E-state index >= 15 is 0 Å². The standard InChI is InChI=1S/C10H17N3O2S2/c1-8(16-3)7-13-17(14,15)9-4-5-12-10(6-9)11-2/h4-6,8,13H,7H2,1-3H3,(H,11,12). The molecular formula is C10H17N3O2S2. The van der Waals surface area contributed by atoms with Crippen molar-refractivity contribution in [2.24, 2.45) is 0 Å². The lowest BCUT2D eigenvalue weighted by Gasteiger charge is -2.11. The highest BCUT2D eigenvalue weighted by atomic mass is 32.2. The van der Waals surface area contributed by atoms with Gasteiger partial charge in [-0.1, -0.05) is 6.92 Å². The van der Waals surface area contributed by atoms with Crippen molar-refractivity contribution in [2.75, 3.05) is 25.2 Å². The molecule has 0 amide bonds. The predicted molar refractivity (Wildman–Crippen MR) is 71.9 cm³/mol. The van der Waals surface area contributed by atoms with Crippen molar-refractivity contribution >= 4 is 27.6 Å². The first kappa shape index (κ1) is 14.3. The first-order valence-electron chi connectivity index (χ1n) is 5.16. The molecule has 1 rings (SSSR count). The Labute approximate surface area is 106 Å². The maximum atomic E-state index is 11.9. The van der Waals surface area contributed by atoms with Crippen LogP contribution in [0.15, 0.2) is 23.2 Å². The summed E-state index contributed by atoms with van der Waals surface area (Å²) in [5.74, 6) is 0.533. The number of nitrogens with one attached hydrogen (secondary N) is 2. The van der Waals surface area contributed by atoms with Crippen LogP contribution in [0.25, 0.3) is 0 Å². The Morgan fingerprint density at radius 1 is 1.53 bits per heavy atom. The smallest absolute Gasteiger partial charge is 0.240 e. The lowest BCUT2D eigenvalue weighted by Crippen LogP contribution is -2.29. The van der Waals surface area contributed by atoms with E-state index in [9.17, 15) is 8.42 Å². The van der Waals surface area contributed by atoms with Crippen molar-refractivity contribution in [1.82, 2.24) is 9.71 Å². The van der Waals surface area contributed by atoms with Gasteiger partial charge in [-0.3, -0.25) is 0 Å². The fourth-order valence-electron chi connectivity index (χ4n) is 1.11. The van der Waals surface area contributed by atoms with Crippen LogP contribution in [0.4, 0.5) is 5.82 Å². The number of thioether (sulfide) groups is 1. The number of nitrogens with zero attached hydrogens (tertiary/aromatic N) is 1. The van der Waals surface area contributed by atoms with Crippen molar-refractivity contribution in [1.29, 1.82) is 0 Å². The predicted octanol–water partition coefficient (Wildman–Crippen LogP) is 1.15. The van der Waals surface area contributed by atoms with Crippen LogP contribution < -0.4 is 10.0 Å². The summed E-state index contributed by atoms with van der Waals surface area (Å²) < 4.78 is 26.5. The Morgan fingerprint density at radius 2 is 2.24 bits per heavy atom. The lowest BCUT2D eigenvalue weighted by molar-refractivity contribution is 0.581. The van der Waals surface area contributed by atoms with Crippen LogP contribution in [-0.4, -0.2) is 38.5 Å². The normalized spacial score (nSPS) is 13.4. The van der Waals surface area contributed by atoms with Gasteiger partial charge in [-0.2, -0.15) is 11.8 Å². The van der Waals surface area contributed by atoms with Gasteiger partial charge in [0.1, 0.15) is 5.82 Å². The summed E-state index contributed by atoms with van der Waals surface area (Å²) >= 11 is 1.62. The third-order valence-corrected chi connectivity index (χ3v) is 4.65. The largest absolute Gasteiger partial charge is 0.373 e. The lowest BCUT2D eigenvalue weighted by atomic mass is 10.5. The Balaban J connectivity index is 2.82. The zero-order valence-corrected chi connectivity index (χ0v) is 11.7. The van der Waals surface area contributed by atoms with E-state index in [0.717, 1.165) is 0 Å². The van der Waals surface area contributed by atoms with E-state index in [1.807, 2.05) is 13.2 Å². The molecule has 0 aliphatic heterocycles. The topological polar surface area (TPSA) is 71.1 Å². The molecule has 0 fully saturated rings. The fraction of sp³-hybridized carbons (Fsp3) is 0.500. The summed E-state index contributed by atoms with van der Waals surface area (Å²) in [5.41, 5.74) is 0. The van der Waals surface area contributed by atoms with Gasteiger partial charge >= 0.3 is 0 Å². The summed E-state index contributed by atoms with van der Waals surface area (Å²) in [4.78, 5) is 4.20. The van der Waals surface area contributed by atoms with E-state index in [1.165, 1.54) is 18.3 Å². The number of hydrogen-bond donors (Lipinski definition) is 2. The Kier molecular flexibility index (Phi) is 5.23. The molecule has 17 heavy (non-hydrogen) atoms. The van der Waals surface area contributed by atoms with Crippen LogP contribution in [0.2, 0.25) is 0 Å². The number of sulfonamides is 1. The number of rotatable bonds is 6. The molecule has 1 heterocycles.